The molecule has 2 aromatic carbocycles. The van der Waals surface area contributed by atoms with Crippen molar-refractivity contribution in [3.63, 3.8) is 0 Å². The van der Waals surface area contributed by atoms with Crippen LogP contribution in [0.25, 0.3) is 0 Å². The molecule has 2 N–H and O–H groups in total. The van der Waals surface area contributed by atoms with Crippen molar-refractivity contribution in [2.45, 2.75) is 13.5 Å². The average molecular weight is 392 g/mol. The number of carbonyl (C=O) groups excluding carboxylic acids is 3. The van der Waals surface area contributed by atoms with Gasteiger partial charge in [-0.05, 0) is 55.5 Å². The van der Waals surface area contributed by atoms with E-state index in [2.05, 4.69) is 10.6 Å². The highest BCUT2D eigenvalue weighted by Crippen LogP contribution is 2.18. The second kappa shape index (κ2) is 9.36. The summed E-state index contributed by atoms with van der Waals surface area (Å²) in [7, 11) is 0. The van der Waals surface area contributed by atoms with Crippen molar-refractivity contribution in [2.75, 3.05) is 11.9 Å². The Morgan fingerprint density at radius 3 is 2.24 bits per heavy atom. The number of furan rings is 1. The fourth-order valence-electron chi connectivity index (χ4n) is 2.63. The maximum Gasteiger partial charge on any atom is 0.340 e. The predicted molar refractivity (Wildman–Crippen MR) is 107 cm³/mol. The number of hydrogen-bond acceptors (Lipinski definition) is 5. The van der Waals surface area contributed by atoms with Gasteiger partial charge in [-0.2, -0.15) is 0 Å². The maximum atomic E-state index is 12.5. The van der Waals surface area contributed by atoms with Gasteiger partial charge in [0.05, 0.1) is 30.7 Å². The number of anilines is 1. The van der Waals surface area contributed by atoms with Crippen LogP contribution < -0.4 is 10.6 Å². The Morgan fingerprint density at radius 2 is 1.59 bits per heavy atom. The van der Waals surface area contributed by atoms with Crippen LogP contribution in [0, 0.1) is 0 Å². The number of nitrogens with one attached hydrogen (secondary N) is 2. The summed E-state index contributed by atoms with van der Waals surface area (Å²) in [5.41, 5.74) is 1.40. The van der Waals surface area contributed by atoms with Crippen molar-refractivity contribution < 1.29 is 23.5 Å². The van der Waals surface area contributed by atoms with Crippen LogP contribution in [0.15, 0.2) is 71.3 Å². The Morgan fingerprint density at radius 1 is 0.897 bits per heavy atom. The van der Waals surface area contributed by atoms with Gasteiger partial charge in [-0.25, -0.2) is 4.79 Å². The SMILES string of the molecule is CCOC(=O)c1ccccc1NC(=O)c1ccc(C(=O)NCc2ccco2)cc1. The molecular weight excluding hydrogens is 372 g/mol. The van der Waals surface area contributed by atoms with E-state index in [4.69, 9.17) is 9.15 Å². The number of ether oxygens (including phenoxy) is 1. The summed E-state index contributed by atoms with van der Waals surface area (Å²) >= 11 is 0. The fourth-order valence-corrected chi connectivity index (χ4v) is 2.63. The summed E-state index contributed by atoms with van der Waals surface area (Å²) in [6.07, 6.45) is 1.54. The number of esters is 1. The van der Waals surface area contributed by atoms with E-state index < -0.39 is 11.9 Å². The average Bonchev–Trinajstić information content (AvgIpc) is 3.26. The van der Waals surface area contributed by atoms with Crippen molar-refractivity contribution in [1.29, 1.82) is 0 Å². The number of hydrogen-bond donors (Lipinski definition) is 2. The Balaban J connectivity index is 1.65. The van der Waals surface area contributed by atoms with E-state index in [9.17, 15) is 14.4 Å². The third kappa shape index (κ3) is 5.10. The third-order valence-corrected chi connectivity index (χ3v) is 4.08. The molecule has 0 bridgehead atoms. The Labute approximate surface area is 167 Å². The summed E-state index contributed by atoms with van der Waals surface area (Å²) < 4.78 is 10.2. The van der Waals surface area contributed by atoms with Gasteiger partial charge in [-0.1, -0.05) is 12.1 Å². The number of carbonyl (C=O) groups is 3. The molecule has 3 aromatic rings. The third-order valence-electron chi connectivity index (χ3n) is 4.08. The van der Waals surface area contributed by atoms with Gasteiger partial charge in [0.15, 0.2) is 0 Å². The van der Waals surface area contributed by atoms with Gasteiger partial charge >= 0.3 is 5.97 Å². The van der Waals surface area contributed by atoms with Crippen molar-refractivity contribution in [2.24, 2.45) is 0 Å². The molecule has 1 aromatic heterocycles. The van der Waals surface area contributed by atoms with Gasteiger partial charge in [0.25, 0.3) is 11.8 Å². The highest BCUT2D eigenvalue weighted by Gasteiger charge is 2.15. The van der Waals surface area contributed by atoms with E-state index in [1.807, 2.05) is 0 Å². The van der Waals surface area contributed by atoms with Crippen molar-refractivity contribution in [1.82, 2.24) is 5.32 Å². The lowest BCUT2D eigenvalue weighted by molar-refractivity contribution is 0.0527. The quantitative estimate of drug-likeness (QED) is 0.598. The molecule has 0 aliphatic heterocycles. The zero-order chi connectivity index (χ0) is 20.6. The van der Waals surface area contributed by atoms with Crippen molar-refractivity contribution in [3.05, 3.63) is 89.4 Å². The second-order valence-electron chi connectivity index (χ2n) is 6.06. The van der Waals surface area contributed by atoms with Gasteiger partial charge in [0, 0.05) is 11.1 Å². The fraction of sp³-hybridized carbons (Fsp3) is 0.136. The normalized spacial score (nSPS) is 10.2. The molecule has 29 heavy (non-hydrogen) atoms. The highest BCUT2D eigenvalue weighted by molar-refractivity contribution is 6.08. The van der Waals surface area contributed by atoms with Gasteiger partial charge in [-0.15, -0.1) is 0 Å². The lowest BCUT2D eigenvalue weighted by Gasteiger charge is -2.10. The van der Waals surface area contributed by atoms with Crippen LogP contribution in [-0.4, -0.2) is 24.4 Å². The molecular formula is C22H20N2O5. The summed E-state index contributed by atoms with van der Waals surface area (Å²) in [4.78, 5) is 36.7. The highest BCUT2D eigenvalue weighted by atomic mass is 16.5. The van der Waals surface area contributed by atoms with Crippen LogP contribution in [0.3, 0.4) is 0 Å². The van der Waals surface area contributed by atoms with E-state index in [1.54, 1.807) is 67.6 Å². The molecule has 0 spiro atoms. The molecule has 148 valence electrons. The lowest BCUT2D eigenvalue weighted by Crippen LogP contribution is -2.22. The van der Waals surface area contributed by atoms with Crippen LogP contribution in [-0.2, 0) is 11.3 Å². The molecule has 0 unspecified atom stereocenters. The Hall–Kier alpha value is -3.87. The number of para-hydroxylation sites is 1. The van der Waals surface area contributed by atoms with Crippen LogP contribution >= 0.6 is 0 Å². The first-order valence-electron chi connectivity index (χ1n) is 9.06. The van der Waals surface area contributed by atoms with E-state index in [0.29, 0.717) is 22.6 Å². The molecule has 0 saturated carbocycles. The van der Waals surface area contributed by atoms with Gasteiger partial charge < -0.3 is 19.8 Å². The summed E-state index contributed by atoms with van der Waals surface area (Å²) in [5, 5.41) is 5.44. The minimum absolute atomic E-state index is 0.241. The molecule has 0 radical (unpaired) electrons. The zero-order valence-corrected chi connectivity index (χ0v) is 15.8. The van der Waals surface area contributed by atoms with Crippen molar-refractivity contribution >= 4 is 23.5 Å². The molecule has 0 saturated heterocycles. The minimum atomic E-state index is -0.507. The first kappa shape index (κ1) is 19.9. The lowest BCUT2D eigenvalue weighted by atomic mass is 10.1. The molecule has 0 atom stereocenters. The van der Waals surface area contributed by atoms with Gasteiger partial charge in [-0.3, -0.25) is 9.59 Å². The number of amides is 2. The zero-order valence-electron chi connectivity index (χ0n) is 15.8. The molecule has 7 nitrogen and oxygen atoms in total. The summed E-state index contributed by atoms with van der Waals surface area (Å²) in [5.74, 6) is -0.535. The molecule has 7 heteroatoms. The monoisotopic (exact) mass is 392 g/mol. The summed E-state index contributed by atoms with van der Waals surface area (Å²) in [6.45, 7) is 2.23. The molecule has 0 aliphatic rings. The van der Waals surface area contributed by atoms with E-state index in [-0.39, 0.29) is 24.6 Å². The van der Waals surface area contributed by atoms with E-state index >= 15 is 0 Å². The van der Waals surface area contributed by atoms with Gasteiger partial charge in [0.1, 0.15) is 5.76 Å². The smallest absolute Gasteiger partial charge is 0.340 e. The van der Waals surface area contributed by atoms with Crippen LogP contribution in [0.1, 0.15) is 43.8 Å². The first-order valence-corrected chi connectivity index (χ1v) is 9.06. The number of benzene rings is 2. The molecule has 2 amide bonds. The molecule has 1 heterocycles. The van der Waals surface area contributed by atoms with Crippen LogP contribution in [0.2, 0.25) is 0 Å². The molecule has 0 fully saturated rings. The van der Waals surface area contributed by atoms with Crippen LogP contribution in [0.5, 0.6) is 0 Å². The Bertz CT molecular complexity index is 994. The minimum Gasteiger partial charge on any atom is -0.467 e. The molecule has 0 aliphatic carbocycles. The van der Waals surface area contributed by atoms with Gasteiger partial charge in [0.2, 0.25) is 0 Å². The molecule has 3 rings (SSSR count). The van der Waals surface area contributed by atoms with E-state index in [1.165, 1.54) is 6.26 Å². The maximum absolute atomic E-state index is 12.5. The summed E-state index contributed by atoms with van der Waals surface area (Å²) in [6, 6.07) is 16.3. The first-order chi connectivity index (χ1) is 14.1. The predicted octanol–water partition coefficient (Wildman–Crippen LogP) is 3.64. The Kier molecular flexibility index (Phi) is 6.42. The number of rotatable bonds is 7. The standard InChI is InChI=1S/C22H20N2O5/c1-2-28-22(27)18-7-3-4-8-19(18)24-21(26)16-11-9-15(10-12-16)20(25)23-14-17-6-5-13-29-17/h3-13H,2,14H2,1H3,(H,23,25)(H,24,26). The van der Waals surface area contributed by atoms with Crippen LogP contribution in [0.4, 0.5) is 5.69 Å². The van der Waals surface area contributed by atoms with Crippen molar-refractivity contribution in [3.8, 4) is 0 Å². The second-order valence-corrected chi connectivity index (χ2v) is 6.06. The topological polar surface area (TPSA) is 97.6 Å². The van der Waals surface area contributed by atoms with E-state index in [0.717, 1.165) is 0 Å². The largest absolute Gasteiger partial charge is 0.467 e.